The van der Waals surface area contributed by atoms with E-state index in [0.717, 1.165) is 11.1 Å². The Labute approximate surface area is 87.5 Å². The lowest BCUT2D eigenvalue weighted by Gasteiger charge is -2.01. The van der Waals surface area contributed by atoms with Crippen molar-refractivity contribution in [1.82, 2.24) is 0 Å². The third kappa shape index (κ3) is 5.47. The van der Waals surface area contributed by atoms with E-state index in [2.05, 4.69) is 15.9 Å². The lowest BCUT2D eigenvalue weighted by molar-refractivity contribution is 0.231. The van der Waals surface area contributed by atoms with E-state index in [0.29, 0.717) is 0 Å². The van der Waals surface area contributed by atoms with Crippen LogP contribution in [-0.2, 0) is 4.74 Å². The van der Waals surface area contributed by atoms with Gasteiger partial charge in [0.2, 0.25) is 0 Å². The topological polar surface area (TPSA) is 9.23 Å². The third-order valence-electron chi connectivity index (χ3n) is 1.56. The van der Waals surface area contributed by atoms with Crippen LogP contribution in [0, 0.1) is 0 Å². The van der Waals surface area contributed by atoms with Gasteiger partial charge in [-0.05, 0) is 31.1 Å². The van der Waals surface area contributed by atoms with E-state index in [4.69, 9.17) is 4.74 Å². The highest BCUT2D eigenvalue weighted by Gasteiger charge is 1.86. The summed E-state index contributed by atoms with van der Waals surface area (Å²) in [4.78, 5) is 0. The second kappa shape index (κ2) is 6.72. The predicted molar refractivity (Wildman–Crippen MR) is 58.5 cm³/mol. The van der Waals surface area contributed by atoms with E-state index in [1.54, 1.807) is 6.26 Å². The van der Waals surface area contributed by atoms with Crippen LogP contribution in [-0.4, -0.2) is 6.61 Å². The molecular weight excluding hydrogens is 228 g/mol. The van der Waals surface area contributed by atoms with Crippen LogP contribution in [0.25, 0.3) is 0 Å². The summed E-state index contributed by atoms with van der Waals surface area (Å²) in [6, 6.07) is 9.97. The lowest BCUT2D eigenvalue weighted by atomic mass is 10.3. The zero-order chi connectivity index (χ0) is 9.36. The van der Waals surface area contributed by atoms with E-state index in [1.807, 2.05) is 36.4 Å². The molecule has 0 atom stereocenters. The number of allylic oxidation sites excluding steroid dienone is 1. The molecule has 1 aliphatic rings. The minimum absolute atomic E-state index is 0.913. The molecule has 0 saturated carbocycles. The van der Waals surface area contributed by atoms with Gasteiger partial charge in [0.1, 0.15) is 0 Å². The molecule has 0 bridgehead atoms. The highest BCUT2D eigenvalue weighted by molar-refractivity contribution is 9.10. The summed E-state index contributed by atoms with van der Waals surface area (Å²) >= 11 is 3.31. The smallest absolute Gasteiger partial charge is 0.0876 e. The second-order valence-corrected chi connectivity index (χ2v) is 3.60. The third-order valence-corrected chi connectivity index (χ3v) is 2.09. The number of ether oxygens (including phenoxy) is 1. The molecule has 1 aromatic carbocycles. The van der Waals surface area contributed by atoms with E-state index in [-0.39, 0.29) is 0 Å². The van der Waals surface area contributed by atoms with Gasteiger partial charge in [-0.2, -0.15) is 0 Å². The maximum absolute atomic E-state index is 4.89. The largest absolute Gasteiger partial charge is 0.502 e. The van der Waals surface area contributed by atoms with Crippen LogP contribution in [0.5, 0.6) is 0 Å². The summed E-state index contributed by atoms with van der Waals surface area (Å²) in [7, 11) is 0. The Kier molecular flexibility index (Phi) is 5.34. The summed E-state index contributed by atoms with van der Waals surface area (Å²) in [6.07, 6.45) is 6.20. The van der Waals surface area contributed by atoms with Crippen LogP contribution in [0.2, 0.25) is 0 Å². The first-order valence-corrected chi connectivity index (χ1v) is 5.16. The first kappa shape index (κ1) is 10.3. The zero-order valence-electron chi connectivity index (χ0n) is 7.45. The molecule has 13 heavy (non-hydrogen) atoms. The molecule has 1 nitrogen and oxygen atoms in total. The Balaban J connectivity index is 0.000000132. The van der Waals surface area contributed by atoms with Gasteiger partial charge in [0.05, 0.1) is 12.9 Å². The van der Waals surface area contributed by atoms with E-state index in [9.17, 15) is 0 Å². The van der Waals surface area contributed by atoms with Crippen molar-refractivity contribution in [2.24, 2.45) is 0 Å². The van der Waals surface area contributed by atoms with Crippen LogP contribution >= 0.6 is 15.9 Å². The Hall–Kier alpha value is -0.760. The second-order valence-electron chi connectivity index (χ2n) is 2.68. The van der Waals surface area contributed by atoms with E-state index in [1.165, 1.54) is 12.8 Å². The summed E-state index contributed by atoms with van der Waals surface area (Å²) in [5.74, 6) is 0. The zero-order valence-corrected chi connectivity index (χ0v) is 9.03. The van der Waals surface area contributed by atoms with Crippen LogP contribution in [0.4, 0.5) is 0 Å². The van der Waals surface area contributed by atoms with Gasteiger partial charge in [-0.15, -0.1) is 0 Å². The summed E-state index contributed by atoms with van der Waals surface area (Å²) in [6.45, 7) is 0.913. The quantitative estimate of drug-likeness (QED) is 0.671. The van der Waals surface area contributed by atoms with Crippen LogP contribution in [0.15, 0.2) is 47.1 Å². The standard InChI is InChI=1S/C6H5Br.C5H8O/c7-6-4-2-1-3-5-6;1-2-4-6-5-3-1/h1-5H;2,4H,1,3,5H2. The van der Waals surface area contributed by atoms with Gasteiger partial charge in [0.15, 0.2) is 0 Å². The van der Waals surface area contributed by atoms with E-state index >= 15 is 0 Å². The van der Waals surface area contributed by atoms with E-state index < -0.39 is 0 Å². The molecule has 0 saturated heterocycles. The molecule has 70 valence electrons. The SMILES string of the molecule is Brc1ccccc1.C1=COCCC1. The molecule has 0 aromatic heterocycles. The molecule has 0 N–H and O–H groups in total. The van der Waals surface area contributed by atoms with Gasteiger partial charge in [0, 0.05) is 4.47 Å². The first-order chi connectivity index (χ1) is 6.39. The number of hydrogen-bond donors (Lipinski definition) is 0. The summed E-state index contributed by atoms with van der Waals surface area (Å²) < 4.78 is 6.02. The van der Waals surface area contributed by atoms with Gasteiger partial charge in [-0.25, -0.2) is 0 Å². The minimum atomic E-state index is 0.913. The maximum Gasteiger partial charge on any atom is 0.0876 e. The fraction of sp³-hybridized carbons (Fsp3) is 0.273. The predicted octanol–water partition coefficient (Wildman–Crippen LogP) is 3.76. The Bertz CT molecular complexity index is 236. The van der Waals surface area contributed by atoms with Crippen LogP contribution in [0.1, 0.15) is 12.8 Å². The van der Waals surface area contributed by atoms with Crippen molar-refractivity contribution in [2.45, 2.75) is 12.8 Å². The van der Waals surface area contributed by atoms with Gasteiger partial charge in [0.25, 0.3) is 0 Å². The van der Waals surface area contributed by atoms with Crippen molar-refractivity contribution in [1.29, 1.82) is 0 Å². The summed E-state index contributed by atoms with van der Waals surface area (Å²) in [5.41, 5.74) is 0. The lowest BCUT2D eigenvalue weighted by Crippen LogP contribution is -1.90. The van der Waals surface area contributed by atoms with Crippen LogP contribution in [0.3, 0.4) is 0 Å². The Morgan fingerprint density at radius 3 is 2.15 bits per heavy atom. The normalized spacial score (nSPS) is 13.9. The van der Waals surface area contributed by atoms with Gasteiger partial charge < -0.3 is 4.74 Å². The molecule has 0 radical (unpaired) electrons. The fourth-order valence-electron chi connectivity index (χ4n) is 0.903. The number of halogens is 1. The number of rotatable bonds is 0. The molecule has 1 heterocycles. The monoisotopic (exact) mass is 240 g/mol. The molecule has 2 rings (SSSR count). The first-order valence-electron chi connectivity index (χ1n) is 4.37. The molecule has 0 spiro atoms. The minimum Gasteiger partial charge on any atom is -0.502 e. The summed E-state index contributed by atoms with van der Waals surface area (Å²) in [5, 5.41) is 0. The number of hydrogen-bond acceptors (Lipinski definition) is 1. The van der Waals surface area contributed by atoms with Crippen LogP contribution < -0.4 is 0 Å². The molecule has 1 aromatic rings. The van der Waals surface area contributed by atoms with Crippen molar-refractivity contribution in [2.75, 3.05) is 6.61 Å². The average Bonchev–Trinajstić information content (AvgIpc) is 2.22. The highest BCUT2D eigenvalue weighted by atomic mass is 79.9. The maximum atomic E-state index is 4.89. The molecule has 1 aliphatic heterocycles. The van der Waals surface area contributed by atoms with Crippen molar-refractivity contribution in [3.05, 3.63) is 47.1 Å². The Morgan fingerprint density at radius 2 is 1.92 bits per heavy atom. The molecule has 0 fully saturated rings. The molecule has 0 aliphatic carbocycles. The molecule has 0 unspecified atom stereocenters. The van der Waals surface area contributed by atoms with Gasteiger partial charge in [-0.3, -0.25) is 0 Å². The van der Waals surface area contributed by atoms with Gasteiger partial charge in [-0.1, -0.05) is 34.1 Å². The number of benzene rings is 1. The highest BCUT2D eigenvalue weighted by Crippen LogP contribution is 2.05. The van der Waals surface area contributed by atoms with Crippen molar-refractivity contribution in [3.8, 4) is 0 Å². The van der Waals surface area contributed by atoms with Crippen molar-refractivity contribution in [3.63, 3.8) is 0 Å². The van der Waals surface area contributed by atoms with Gasteiger partial charge >= 0.3 is 0 Å². The van der Waals surface area contributed by atoms with Crippen molar-refractivity contribution < 1.29 is 4.74 Å². The fourth-order valence-corrected chi connectivity index (χ4v) is 1.21. The van der Waals surface area contributed by atoms with Crippen molar-refractivity contribution >= 4 is 15.9 Å². The molecule has 0 amide bonds. The molecule has 2 heteroatoms. The Morgan fingerprint density at radius 1 is 1.15 bits per heavy atom. The average molecular weight is 241 g/mol. The molecular formula is C11H13BrO.